The molecule has 0 saturated carbocycles. The maximum atomic E-state index is 12.3. The van der Waals surface area contributed by atoms with Crippen LogP contribution in [0.2, 0.25) is 0 Å². The third-order valence-corrected chi connectivity index (χ3v) is 5.01. The first-order chi connectivity index (χ1) is 13.3. The van der Waals surface area contributed by atoms with Crippen molar-refractivity contribution < 1.29 is 14.1 Å². The summed E-state index contributed by atoms with van der Waals surface area (Å²) in [7, 11) is 0. The van der Waals surface area contributed by atoms with E-state index < -0.39 is 5.25 Å². The molecule has 0 saturated heterocycles. The predicted molar refractivity (Wildman–Crippen MR) is 106 cm³/mol. The van der Waals surface area contributed by atoms with Crippen molar-refractivity contribution >= 4 is 23.5 Å². The molecule has 3 rings (SSSR count). The minimum absolute atomic E-state index is 0.173. The molecule has 0 aliphatic rings. The zero-order chi connectivity index (χ0) is 20.3. The number of ether oxygens (including phenoxy) is 1. The first-order valence-corrected chi connectivity index (χ1v) is 9.51. The molecule has 1 aromatic carbocycles. The Morgan fingerprint density at radius 2 is 2.11 bits per heavy atom. The molecule has 9 nitrogen and oxygen atoms in total. The SMILES string of the molecule is Cc1ccc(OCc2nnc(S[C@@H](C)C(=O)Nc3cc(C)on3)n2N)c(C)c1. The van der Waals surface area contributed by atoms with E-state index in [1.54, 1.807) is 19.9 Å². The van der Waals surface area contributed by atoms with Crippen molar-refractivity contribution in [3.63, 3.8) is 0 Å². The fourth-order valence-electron chi connectivity index (χ4n) is 2.45. The number of rotatable bonds is 7. The average molecular weight is 402 g/mol. The minimum Gasteiger partial charge on any atom is -0.485 e. The smallest absolute Gasteiger partial charge is 0.238 e. The second kappa shape index (κ2) is 8.34. The number of nitrogens with zero attached hydrogens (tertiary/aromatic N) is 4. The van der Waals surface area contributed by atoms with Crippen molar-refractivity contribution in [1.82, 2.24) is 20.0 Å². The quantitative estimate of drug-likeness (QED) is 0.457. The zero-order valence-electron chi connectivity index (χ0n) is 16.1. The number of nitrogen functional groups attached to an aromatic ring is 1. The maximum Gasteiger partial charge on any atom is 0.238 e. The Bertz CT molecular complexity index is 984. The molecule has 0 aliphatic carbocycles. The largest absolute Gasteiger partial charge is 0.485 e. The van der Waals surface area contributed by atoms with Crippen LogP contribution in [-0.2, 0) is 11.4 Å². The van der Waals surface area contributed by atoms with E-state index in [0.29, 0.717) is 22.6 Å². The highest BCUT2D eigenvalue weighted by atomic mass is 32.2. The van der Waals surface area contributed by atoms with Gasteiger partial charge in [-0.3, -0.25) is 4.79 Å². The summed E-state index contributed by atoms with van der Waals surface area (Å²) in [5.41, 5.74) is 2.20. The highest BCUT2D eigenvalue weighted by Crippen LogP contribution is 2.23. The molecule has 0 bridgehead atoms. The summed E-state index contributed by atoms with van der Waals surface area (Å²) in [4.78, 5) is 12.3. The molecule has 0 unspecified atom stereocenters. The van der Waals surface area contributed by atoms with E-state index in [0.717, 1.165) is 11.3 Å². The third kappa shape index (κ3) is 4.63. The van der Waals surface area contributed by atoms with Crippen LogP contribution < -0.4 is 15.9 Å². The second-order valence-electron chi connectivity index (χ2n) is 6.40. The number of aryl methyl sites for hydroxylation is 3. The molecule has 0 fully saturated rings. The summed E-state index contributed by atoms with van der Waals surface area (Å²) < 4.78 is 12.1. The van der Waals surface area contributed by atoms with Gasteiger partial charge >= 0.3 is 0 Å². The van der Waals surface area contributed by atoms with Crippen LogP contribution in [-0.4, -0.2) is 31.2 Å². The lowest BCUT2D eigenvalue weighted by Crippen LogP contribution is -2.24. The summed E-state index contributed by atoms with van der Waals surface area (Å²) >= 11 is 1.19. The van der Waals surface area contributed by atoms with Gasteiger partial charge in [-0.2, -0.15) is 0 Å². The lowest BCUT2D eigenvalue weighted by molar-refractivity contribution is -0.115. The molecule has 3 N–H and O–H groups in total. The standard InChI is InChI=1S/C18H22N6O3S/c1-10-5-6-14(11(2)7-10)26-9-16-21-22-18(24(16)19)28-13(4)17(25)20-15-8-12(3)27-23-15/h5-8,13H,9,19H2,1-4H3,(H,20,23,25)/t13-/m0/s1. The molecule has 1 amide bonds. The Labute approximate surface area is 166 Å². The van der Waals surface area contributed by atoms with Gasteiger partial charge in [0.15, 0.2) is 11.6 Å². The first kappa shape index (κ1) is 19.7. The van der Waals surface area contributed by atoms with Crippen LogP contribution in [0.4, 0.5) is 5.82 Å². The third-order valence-electron chi connectivity index (χ3n) is 3.95. The summed E-state index contributed by atoms with van der Waals surface area (Å²) in [6.07, 6.45) is 0. The molecule has 0 spiro atoms. The van der Waals surface area contributed by atoms with Gasteiger partial charge in [0.25, 0.3) is 0 Å². The molecular formula is C18H22N6O3S. The number of aromatic nitrogens is 4. The van der Waals surface area contributed by atoms with Crippen LogP contribution >= 0.6 is 11.8 Å². The van der Waals surface area contributed by atoms with E-state index in [4.69, 9.17) is 15.1 Å². The number of nitrogens with two attached hydrogens (primary N) is 1. The molecule has 10 heteroatoms. The normalized spacial score (nSPS) is 12.0. The van der Waals surface area contributed by atoms with Crippen molar-refractivity contribution in [2.45, 2.75) is 44.7 Å². The van der Waals surface area contributed by atoms with E-state index >= 15 is 0 Å². The highest BCUT2D eigenvalue weighted by Gasteiger charge is 2.20. The number of hydrogen-bond acceptors (Lipinski definition) is 8. The van der Waals surface area contributed by atoms with Gasteiger partial charge in [-0.05, 0) is 39.3 Å². The highest BCUT2D eigenvalue weighted by molar-refractivity contribution is 8.00. The van der Waals surface area contributed by atoms with Crippen LogP contribution in [0.15, 0.2) is 33.9 Å². The predicted octanol–water partition coefficient (Wildman–Crippen LogP) is 2.60. The number of carbonyl (C=O) groups excluding carboxylic acids is 1. The molecular weight excluding hydrogens is 380 g/mol. The molecule has 2 aromatic heterocycles. The Kier molecular flexibility index (Phi) is 5.88. The van der Waals surface area contributed by atoms with Gasteiger partial charge in [-0.25, -0.2) is 4.68 Å². The number of amides is 1. The molecule has 0 aliphatic heterocycles. The Hall–Kier alpha value is -3.01. The van der Waals surface area contributed by atoms with E-state index in [1.165, 1.54) is 22.0 Å². The van der Waals surface area contributed by atoms with Gasteiger partial charge in [0.2, 0.25) is 11.1 Å². The van der Waals surface area contributed by atoms with Gasteiger partial charge in [0.1, 0.15) is 18.1 Å². The summed E-state index contributed by atoms with van der Waals surface area (Å²) in [5, 5.41) is 14.5. The number of thioether (sulfide) groups is 1. The van der Waals surface area contributed by atoms with Crippen LogP contribution in [0.25, 0.3) is 0 Å². The average Bonchev–Trinajstić information content (AvgIpc) is 3.20. The van der Waals surface area contributed by atoms with Crippen molar-refractivity contribution in [3.05, 3.63) is 47.0 Å². The molecule has 1 atom stereocenters. The van der Waals surface area contributed by atoms with Crippen LogP contribution in [0.1, 0.15) is 29.6 Å². The van der Waals surface area contributed by atoms with Gasteiger partial charge in [-0.1, -0.05) is 34.6 Å². The van der Waals surface area contributed by atoms with Gasteiger partial charge in [0.05, 0.1) is 5.25 Å². The topological polar surface area (TPSA) is 121 Å². The maximum absolute atomic E-state index is 12.3. The van der Waals surface area contributed by atoms with E-state index in [2.05, 4.69) is 20.7 Å². The lowest BCUT2D eigenvalue weighted by atomic mass is 10.1. The molecule has 28 heavy (non-hydrogen) atoms. The minimum atomic E-state index is -0.461. The van der Waals surface area contributed by atoms with Crippen molar-refractivity contribution in [2.24, 2.45) is 0 Å². The van der Waals surface area contributed by atoms with E-state index in [1.807, 2.05) is 32.0 Å². The number of carbonyl (C=O) groups is 1. The number of anilines is 1. The fraction of sp³-hybridized carbons (Fsp3) is 0.333. The fourth-order valence-corrected chi connectivity index (χ4v) is 3.24. The van der Waals surface area contributed by atoms with Gasteiger partial charge < -0.3 is 20.4 Å². The van der Waals surface area contributed by atoms with Crippen molar-refractivity contribution in [1.29, 1.82) is 0 Å². The van der Waals surface area contributed by atoms with Gasteiger partial charge in [0, 0.05) is 6.07 Å². The van der Waals surface area contributed by atoms with E-state index in [-0.39, 0.29) is 12.5 Å². The van der Waals surface area contributed by atoms with Crippen molar-refractivity contribution in [3.8, 4) is 5.75 Å². The number of nitrogens with one attached hydrogen (secondary N) is 1. The molecule has 2 heterocycles. The first-order valence-electron chi connectivity index (χ1n) is 8.63. The van der Waals surface area contributed by atoms with E-state index in [9.17, 15) is 4.79 Å². The Morgan fingerprint density at radius 1 is 1.32 bits per heavy atom. The molecule has 0 radical (unpaired) electrons. The number of benzene rings is 1. The lowest BCUT2D eigenvalue weighted by Gasteiger charge is -2.11. The van der Waals surface area contributed by atoms with Gasteiger partial charge in [-0.15, -0.1) is 10.2 Å². The Balaban J connectivity index is 1.59. The van der Waals surface area contributed by atoms with Crippen LogP contribution in [0, 0.1) is 20.8 Å². The summed E-state index contributed by atoms with van der Waals surface area (Å²) in [6.45, 7) is 7.67. The second-order valence-corrected chi connectivity index (χ2v) is 7.71. The van der Waals surface area contributed by atoms with Crippen molar-refractivity contribution in [2.75, 3.05) is 11.2 Å². The van der Waals surface area contributed by atoms with Crippen LogP contribution in [0.5, 0.6) is 5.75 Å². The monoisotopic (exact) mass is 402 g/mol. The zero-order valence-corrected chi connectivity index (χ0v) is 16.9. The summed E-state index contributed by atoms with van der Waals surface area (Å²) in [6, 6.07) is 7.58. The summed E-state index contributed by atoms with van der Waals surface area (Å²) in [5.74, 6) is 8.03. The Morgan fingerprint density at radius 3 is 2.79 bits per heavy atom. The molecule has 148 valence electrons. The van der Waals surface area contributed by atoms with Crippen LogP contribution in [0.3, 0.4) is 0 Å². The molecule has 3 aromatic rings. The number of hydrogen-bond donors (Lipinski definition) is 2.